The molecule has 2 aliphatic heterocycles. The molecule has 1 saturated heterocycles. The Morgan fingerprint density at radius 1 is 1.25 bits per heavy atom. The minimum atomic E-state index is 0. The maximum absolute atomic E-state index is 12.5. The van der Waals surface area contributed by atoms with Crippen LogP contribution in [0.4, 0.5) is 0 Å². The summed E-state index contributed by atoms with van der Waals surface area (Å²) < 4.78 is 0. The number of amides is 1. The molecule has 154 valence electrons. The van der Waals surface area contributed by atoms with Gasteiger partial charge >= 0.3 is 0 Å². The van der Waals surface area contributed by atoms with Gasteiger partial charge in [0.15, 0.2) is 0 Å². The molecule has 2 N–H and O–H groups in total. The average molecular weight is 443 g/mol. The van der Waals surface area contributed by atoms with Crippen molar-refractivity contribution < 1.29 is 4.79 Å². The van der Waals surface area contributed by atoms with Crippen LogP contribution in [0.1, 0.15) is 40.2 Å². The van der Waals surface area contributed by atoms with Crippen molar-refractivity contribution >= 4 is 42.1 Å². The van der Waals surface area contributed by atoms with Gasteiger partial charge < -0.3 is 10.6 Å². The number of aromatic nitrogens is 1. The van der Waals surface area contributed by atoms with E-state index in [2.05, 4.69) is 44.1 Å². The minimum absolute atomic E-state index is 0. The van der Waals surface area contributed by atoms with Gasteiger partial charge in [0.05, 0.1) is 10.7 Å². The van der Waals surface area contributed by atoms with E-state index < -0.39 is 0 Å². The van der Waals surface area contributed by atoms with Gasteiger partial charge in [-0.1, -0.05) is 18.2 Å². The lowest BCUT2D eigenvalue weighted by atomic mass is 9.95. The summed E-state index contributed by atoms with van der Waals surface area (Å²) in [5.41, 5.74) is 5.09. The summed E-state index contributed by atoms with van der Waals surface area (Å²) in [7, 11) is 0. The van der Waals surface area contributed by atoms with Crippen molar-refractivity contribution in [3.05, 3.63) is 51.0 Å². The summed E-state index contributed by atoms with van der Waals surface area (Å²) in [6.45, 7) is 7.42. The van der Waals surface area contributed by atoms with E-state index in [1.165, 1.54) is 16.7 Å². The first kappa shape index (κ1) is 23.1. The fraction of sp³-hybridized carbons (Fsp3) is 0.500. The van der Waals surface area contributed by atoms with Crippen molar-refractivity contribution in [3.8, 4) is 0 Å². The summed E-state index contributed by atoms with van der Waals surface area (Å²) in [5, 5.41) is 9.76. The van der Waals surface area contributed by atoms with Gasteiger partial charge in [-0.2, -0.15) is 0 Å². The molecule has 0 saturated carbocycles. The van der Waals surface area contributed by atoms with Gasteiger partial charge in [-0.15, -0.1) is 36.2 Å². The zero-order chi connectivity index (χ0) is 17.9. The van der Waals surface area contributed by atoms with Gasteiger partial charge in [0.2, 0.25) is 5.91 Å². The van der Waals surface area contributed by atoms with Crippen LogP contribution >= 0.6 is 36.2 Å². The van der Waals surface area contributed by atoms with Gasteiger partial charge in [0.25, 0.3) is 0 Å². The summed E-state index contributed by atoms with van der Waals surface area (Å²) in [4.78, 5) is 19.5. The molecule has 0 radical (unpaired) electrons. The van der Waals surface area contributed by atoms with Gasteiger partial charge in [0, 0.05) is 37.5 Å². The molecule has 2 aliphatic rings. The highest BCUT2D eigenvalue weighted by molar-refractivity contribution is 7.09. The second-order valence-electron chi connectivity index (χ2n) is 7.33. The number of rotatable bonds is 5. The fourth-order valence-corrected chi connectivity index (χ4v) is 4.46. The topological polar surface area (TPSA) is 57.3 Å². The van der Waals surface area contributed by atoms with Crippen LogP contribution in [0.15, 0.2) is 23.6 Å². The van der Waals surface area contributed by atoms with Crippen LogP contribution in [0, 0.1) is 12.8 Å². The molecule has 1 amide bonds. The molecule has 0 unspecified atom stereocenters. The summed E-state index contributed by atoms with van der Waals surface area (Å²) in [5.74, 6) is 0.340. The first-order valence-electron chi connectivity index (χ1n) is 9.40. The zero-order valence-electron chi connectivity index (χ0n) is 16.1. The molecule has 28 heavy (non-hydrogen) atoms. The Hall–Kier alpha value is -1.18. The third-order valence-electron chi connectivity index (χ3n) is 5.38. The number of piperidine rings is 1. The highest BCUT2D eigenvalue weighted by atomic mass is 35.5. The molecular weight excluding hydrogens is 415 g/mol. The van der Waals surface area contributed by atoms with Crippen molar-refractivity contribution in [1.29, 1.82) is 0 Å². The normalized spacial score (nSPS) is 16.8. The molecule has 2 aromatic rings. The Labute approximate surface area is 183 Å². The van der Waals surface area contributed by atoms with Crippen LogP contribution in [-0.4, -0.2) is 28.9 Å². The van der Waals surface area contributed by atoms with E-state index in [1.54, 1.807) is 11.3 Å². The Morgan fingerprint density at radius 3 is 2.71 bits per heavy atom. The lowest BCUT2D eigenvalue weighted by molar-refractivity contribution is -0.126. The molecule has 4 rings (SSSR count). The third kappa shape index (κ3) is 5.67. The second kappa shape index (κ2) is 10.6. The number of thiazole rings is 1. The minimum Gasteiger partial charge on any atom is -0.352 e. The van der Waals surface area contributed by atoms with Crippen LogP contribution in [0.3, 0.4) is 0 Å². The number of nitrogens with zero attached hydrogens (tertiary/aromatic N) is 2. The molecule has 0 aliphatic carbocycles. The maximum atomic E-state index is 12.5. The second-order valence-corrected chi connectivity index (χ2v) is 8.39. The number of hydrogen-bond acceptors (Lipinski definition) is 5. The number of benzene rings is 1. The van der Waals surface area contributed by atoms with Crippen LogP contribution in [0.5, 0.6) is 0 Å². The summed E-state index contributed by atoms with van der Waals surface area (Å²) in [6, 6.07) is 6.52. The molecule has 8 heteroatoms. The van der Waals surface area contributed by atoms with Crippen molar-refractivity contribution in [1.82, 2.24) is 20.5 Å². The number of likely N-dealkylation sites (tertiary alicyclic amines) is 1. The number of aryl methyl sites for hydroxylation is 1. The van der Waals surface area contributed by atoms with Gasteiger partial charge in [0.1, 0.15) is 0 Å². The lowest BCUT2D eigenvalue weighted by Crippen LogP contribution is -2.40. The number of carbonyl (C=O) groups excluding carboxylic acids is 1. The van der Waals surface area contributed by atoms with E-state index in [9.17, 15) is 4.79 Å². The van der Waals surface area contributed by atoms with Crippen molar-refractivity contribution in [2.45, 2.75) is 45.9 Å². The van der Waals surface area contributed by atoms with Crippen molar-refractivity contribution in [2.24, 2.45) is 5.92 Å². The molecule has 1 fully saturated rings. The van der Waals surface area contributed by atoms with E-state index >= 15 is 0 Å². The number of nitrogens with one attached hydrogen (secondary N) is 2. The highest BCUT2D eigenvalue weighted by Gasteiger charge is 2.25. The summed E-state index contributed by atoms with van der Waals surface area (Å²) >= 11 is 1.70. The van der Waals surface area contributed by atoms with E-state index in [-0.39, 0.29) is 36.6 Å². The number of hydrogen-bond donors (Lipinski definition) is 2. The quantitative estimate of drug-likeness (QED) is 0.744. The smallest absolute Gasteiger partial charge is 0.223 e. The standard InChI is InChI=1S/C20H26N4OS.2ClH/c1-14-23-19(13-26-14)12-24-6-4-16(5-7-24)20(25)22-9-15-2-3-17-10-21-11-18(17)8-15;;/h2-3,8,13,16,21H,4-7,9-12H2,1H3,(H,22,25);2*1H. The van der Waals surface area contributed by atoms with Crippen LogP contribution in [0.25, 0.3) is 0 Å². The first-order valence-corrected chi connectivity index (χ1v) is 10.3. The first-order chi connectivity index (χ1) is 12.7. The van der Waals surface area contributed by atoms with Gasteiger partial charge in [-0.05, 0) is 49.5 Å². The average Bonchev–Trinajstić information content (AvgIpc) is 3.28. The summed E-state index contributed by atoms with van der Waals surface area (Å²) in [6.07, 6.45) is 1.87. The lowest BCUT2D eigenvalue weighted by Gasteiger charge is -2.30. The van der Waals surface area contributed by atoms with E-state index in [1.807, 2.05) is 6.92 Å². The Balaban J connectivity index is 0.00000140. The molecule has 0 spiro atoms. The predicted molar refractivity (Wildman–Crippen MR) is 118 cm³/mol. The monoisotopic (exact) mass is 442 g/mol. The molecule has 1 aromatic carbocycles. The van der Waals surface area contributed by atoms with Crippen molar-refractivity contribution in [2.75, 3.05) is 13.1 Å². The van der Waals surface area contributed by atoms with Crippen LogP contribution in [-0.2, 0) is 31.0 Å². The third-order valence-corrected chi connectivity index (χ3v) is 6.20. The number of carbonyl (C=O) groups is 1. The van der Waals surface area contributed by atoms with Crippen molar-refractivity contribution in [3.63, 3.8) is 0 Å². The van der Waals surface area contributed by atoms with Gasteiger partial charge in [-0.25, -0.2) is 4.98 Å². The van der Waals surface area contributed by atoms with Crippen LogP contribution in [0.2, 0.25) is 0 Å². The number of fused-ring (bicyclic) bond motifs is 1. The molecule has 3 heterocycles. The fourth-order valence-electron chi connectivity index (χ4n) is 3.85. The largest absolute Gasteiger partial charge is 0.352 e. The highest BCUT2D eigenvalue weighted by Crippen LogP contribution is 2.21. The Morgan fingerprint density at radius 2 is 2.00 bits per heavy atom. The number of halogens is 2. The van der Waals surface area contributed by atoms with E-state index in [0.717, 1.165) is 56.3 Å². The van der Waals surface area contributed by atoms with Gasteiger partial charge in [-0.3, -0.25) is 9.69 Å². The molecule has 0 bridgehead atoms. The zero-order valence-corrected chi connectivity index (χ0v) is 18.5. The maximum Gasteiger partial charge on any atom is 0.223 e. The Kier molecular flexibility index (Phi) is 8.71. The molecular formula is C20H28Cl2N4OS. The Bertz CT molecular complexity index is 790. The van der Waals surface area contributed by atoms with Crippen LogP contribution < -0.4 is 10.6 Å². The molecule has 1 aromatic heterocycles. The SMILES string of the molecule is Cc1nc(CN2CCC(C(=O)NCc3ccc4c(c3)CNC4)CC2)cs1.Cl.Cl. The van der Waals surface area contributed by atoms with E-state index in [4.69, 9.17) is 0 Å². The van der Waals surface area contributed by atoms with E-state index in [0.29, 0.717) is 6.54 Å². The predicted octanol–water partition coefficient (Wildman–Crippen LogP) is 3.43. The molecule has 5 nitrogen and oxygen atoms in total. The molecule has 0 atom stereocenters.